The molecule has 0 aliphatic carbocycles. The number of phenolic OH excluding ortho intramolecular Hbond substituents is 2. The number of phenols is 2. The smallest absolute Gasteiger partial charge is 0.251 e. The van der Waals surface area contributed by atoms with Crippen LogP contribution >= 0.6 is 0 Å². The lowest BCUT2D eigenvalue weighted by Gasteiger charge is -2.34. The van der Waals surface area contributed by atoms with Crippen LogP contribution in [0.2, 0.25) is 0 Å². The molecular formula is C42H46N8O4. The number of hydrogen-bond donors (Lipinski definition) is 5. The molecule has 2 fully saturated rings. The van der Waals surface area contributed by atoms with Crippen molar-refractivity contribution in [2.24, 2.45) is 5.73 Å². The molecule has 12 heteroatoms. The van der Waals surface area contributed by atoms with Crippen LogP contribution in [0, 0.1) is 0 Å². The largest absolute Gasteiger partial charge is 0.507 e. The van der Waals surface area contributed by atoms with Crippen LogP contribution in [0.4, 0.5) is 11.6 Å². The molecule has 2 aliphatic rings. The summed E-state index contributed by atoms with van der Waals surface area (Å²) in [4.78, 5) is 35.5. The number of amides is 1. The topological polar surface area (TPSA) is 174 Å². The summed E-state index contributed by atoms with van der Waals surface area (Å²) in [5.74, 6) is 2.77. The number of aromatic nitrogens is 4. The Morgan fingerprint density at radius 1 is 0.648 bits per heavy atom. The maximum absolute atomic E-state index is 12.1. The first-order chi connectivity index (χ1) is 26.0. The zero-order chi connectivity index (χ0) is 37.8. The first-order valence-corrected chi connectivity index (χ1v) is 18.4. The quantitative estimate of drug-likeness (QED) is 0.141. The van der Waals surface area contributed by atoms with Gasteiger partial charge in [-0.2, -0.15) is 0 Å². The van der Waals surface area contributed by atoms with Crippen molar-refractivity contribution in [1.29, 1.82) is 0 Å². The van der Waals surface area contributed by atoms with Gasteiger partial charge in [0.1, 0.15) is 28.7 Å². The van der Waals surface area contributed by atoms with Crippen molar-refractivity contribution in [1.82, 2.24) is 25.3 Å². The fourth-order valence-electron chi connectivity index (χ4n) is 6.88. The Labute approximate surface area is 314 Å². The number of benzene rings is 4. The predicted molar refractivity (Wildman–Crippen MR) is 212 cm³/mol. The molecule has 4 heterocycles. The Bertz CT molecular complexity index is 2260. The Kier molecular flexibility index (Phi) is 10.6. The molecule has 0 unspecified atom stereocenters. The second-order valence-corrected chi connectivity index (χ2v) is 14.4. The Hall–Kier alpha value is -5.85. The third-order valence-electron chi connectivity index (χ3n) is 9.98. The van der Waals surface area contributed by atoms with Crippen LogP contribution in [-0.4, -0.2) is 85.0 Å². The Balaban J connectivity index is 0.000000171. The summed E-state index contributed by atoms with van der Waals surface area (Å²) in [7, 11) is 0. The van der Waals surface area contributed by atoms with E-state index in [1.54, 1.807) is 24.3 Å². The molecule has 2 saturated heterocycles. The number of piperidine rings is 2. The van der Waals surface area contributed by atoms with Crippen molar-refractivity contribution < 1.29 is 20.1 Å². The second-order valence-electron chi connectivity index (χ2n) is 14.4. The van der Waals surface area contributed by atoms with E-state index >= 15 is 0 Å². The van der Waals surface area contributed by atoms with Crippen molar-refractivity contribution >= 4 is 39.3 Å². The van der Waals surface area contributed by atoms with Crippen LogP contribution in [0.5, 0.6) is 11.5 Å². The number of nitrogens with zero attached hydrogens (tertiary/aromatic N) is 6. The summed E-state index contributed by atoms with van der Waals surface area (Å²) in [6, 6.07) is 30.4. The molecule has 0 atom stereocenters. The van der Waals surface area contributed by atoms with E-state index in [4.69, 9.17) is 15.7 Å². The molecule has 4 aromatic carbocycles. The minimum atomic E-state index is -1.38. The molecule has 6 aromatic rings. The fourth-order valence-corrected chi connectivity index (χ4v) is 6.88. The van der Waals surface area contributed by atoms with E-state index in [9.17, 15) is 20.1 Å². The van der Waals surface area contributed by atoms with Gasteiger partial charge in [0.15, 0.2) is 11.6 Å². The van der Waals surface area contributed by atoms with Gasteiger partial charge in [-0.15, -0.1) is 0 Å². The van der Waals surface area contributed by atoms with Crippen LogP contribution in [0.25, 0.3) is 44.6 Å². The molecule has 54 heavy (non-hydrogen) atoms. The third kappa shape index (κ3) is 8.04. The lowest BCUT2D eigenvalue weighted by Crippen LogP contribution is -2.50. The summed E-state index contributed by atoms with van der Waals surface area (Å²) >= 11 is 0. The Morgan fingerprint density at radius 2 is 1.06 bits per heavy atom. The fraction of sp³-hybridized carbons (Fsp3) is 0.310. The molecule has 0 radical (unpaired) electrons. The van der Waals surface area contributed by atoms with Crippen LogP contribution < -0.4 is 20.9 Å². The molecule has 1 amide bonds. The van der Waals surface area contributed by atoms with E-state index in [2.05, 4.69) is 25.1 Å². The standard InChI is InChI=1S/C23H26N4O3.C19H20N4O/c1-23(2,30)22(29)24-15-11-13-27(14-12-15)21-16-7-3-5-9-18(16)25-20(26-21)17-8-4-6-10-19(17)28;20-13-9-11-23(12-10-13)19-14-5-1-3-7-16(14)21-18(22-19)15-6-2-4-8-17(15)24/h3-10,15,28,30H,11-14H2,1-2H3,(H,24,29);1-8,13,24H,9-12,20H2. The summed E-state index contributed by atoms with van der Waals surface area (Å²) in [5.41, 5.74) is 7.60. The number of aliphatic hydroxyl groups is 1. The van der Waals surface area contributed by atoms with Crippen LogP contribution in [0.1, 0.15) is 39.5 Å². The number of nitrogens with one attached hydrogen (secondary N) is 1. The molecule has 0 spiro atoms. The summed E-state index contributed by atoms with van der Waals surface area (Å²) in [6.45, 7) is 6.21. The van der Waals surface area contributed by atoms with E-state index in [1.165, 1.54) is 13.8 Å². The number of rotatable bonds is 6. The molecule has 2 aromatic heterocycles. The lowest BCUT2D eigenvalue weighted by molar-refractivity contribution is -0.137. The molecule has 8 rings (SSSR count). The number of aromatic hydroxyl groups is 2. The van der Waals surface area contributed by atoms with Gasteiger partial charge in [-0.3, -0.25) is 4.79 Å². The van der Waals surface area contributed by atoms with Crippen LogP contribution in [0.15, 0.2) is 97.1 Å². The second kappa shape index (κ2) is 15.6. The van der Waals surface area contributed by atoms with Crippen molar-refractivity contribution in [3.8, 4) is 34.3 Å². The number of carbonyl (C=O) groups excluding carboxylic acids is 1. The molecule has 12 nitrogen and oxygen atoms in total. The highest BCUT2D eigenvalue weighted by atomic mass is 16.3. The van der Waals surface area contributed by atoms with Crippen molar-refractivity contribution in [3.63, 3.8) is 0 Å². The molecule has 0 saturated carbocycles. The highest BCUT2D eigenvalue weighted by molar-refractivity contribution is 5.92. The zero-order valence-corrected chi connectivity index (χ0v) is 30.6. The van der Waals surface area contributed by atoms with Gasteiger partial charge in [0.25, 0.3) is 5.91 Å². The number of hydrogen-bond acceptors (Lipinski definition) is 11. The van der Waals surface area contributed by atoms with E-state index in [0.29, 0.717) is 22.8 Å². The number of fused-ring (bicyclic) bond motifs is 2. The van der Waals surface area contributed by atoms with Crippen molar-refractivity contribution in [3.05, 3.63) is 97.1 Å². The van der Waals surface area contributed by atoms with Gasteiger partial charge in [0.2, 0.25) is 0 Å². The van der Waals surface area contributed by atoms with E-state index in [0.717, 1.165) is 85.3 Å². The summed E-state index contributed by atoms with van der Waals surface area (Å²) in [6.07, 6.45) is 3.44. The van der Waals surface area contributed by atoms with E-state index < -0.39 is 5.60 Å². The summed E-state index contributed by atoms with van der Waals surface area (Å²) in [5, 5.41) is 35.2. The normalized spacial score (nSPS) is 15.6. The Morgan fingerprint density at radius 3 is 1.50 bits per heavy atom. The molecule has 0 bridgehead atoms. The molecule has 2 aliphatic heterocycles. The molecule has 278 valence electrons. The van der Waals surface area contributed by atoms with Gasteiger partial charge in [-0.1, -0.05) is 48.5 Å². The lowest BCUT2D eigenvalue weighted by atomic mass is 10.0. The number of carbonyl (C=O) groups is 1. The van der Waals surface area contributed by atoms with Gasteiger partial charge < -0.3 is 36.2 Å². The SMILES string of the molecule is CC(C)(O)C(=O)NC1CCN(c2nc(-c3ccccc3O)nc3ccccc23)CC1.NC1CCN(c2nc(-c3ccccc3O)nc3ccccc23)CC1. The van der Waals surface area contributed by atoms with Crippen molar-refractivity contribution in [2.75, 3.05) is 36.0 Å². The maximum atomic E-state index is 12.1. The first kappa shape index (κ1) is 36.5. The van der Waals surface area contributed by atoms with Gasteiger partial charge in [0.05, 0.1) is 22.2 Å². The minimum Gasteiger partial charge on any atom is -0.507 e. The highest BCUT2D eigenvalue weighted by Gasteiger charge is 2.29. The number of nitrogens with two attached hydrogens (primary N) is 1. The van der Waals surface area contributed by atoms with Gasteiger partial charge in [-0.25, -0.2) is 19.9 Å². The van der Waals surface area contributed by atoms with Gasteiger partial charge >= 0.3 is 0 Å². The van der Waals surface area contributed by atoms with E-state index in [1.807, 2.05) is 72.8 Å². The zero-order valence-electron chi connectivity index (χ0n) is 30.6. The van der Waals surface area contributed by atoms with Crippen LogP contribution in [-0.2, 0) is 4.79 Å². The first-order valence-electron chi connectivity index (χ1n) is 18.4. The average molecular weight is 727 g/mol. The third-order valence-corrected chi connectivity index (χ3v) is 9.98. The van der Waals surface area contributed by atoms with Crippen molar-refractivity contribution in [2.45, 2.75) is 57.2 Å². The monoisotopic (exact) mass is 726 g/mol. The maximum Gasteiger partial charge on any atom is 0.251 e. The summed E-state index contributed by atoms with van der Waals surface area (Å²) < 4.78 is 0. The number of para-hydroxylation sites is 4. The van der Waals surface area contributed by atoms with Gasteiger partial charge in [0, 0.05) is 49.0 Å². The number of anilines is 2. The minimum absolute atomic E-state index is 0.0194. The molecule has 6 N–H and O–H groups in total. The van der Waals surface area contributed by atoms with E-state index in [-0.39, 0.29) is 29.5 Å². The predicted octanol–water partition coefficient (Wildman–Crippen LogP) is 5.79. The highest BCUT2D eigenvalue weighted by Crippen LogP contribution is 2.34. The average Bonchev–Trinajstić information content (AvgIpc) is 3.18. The van der Waals surface area contributed by atoms with Crippen LogP contribution in [0.3, 0.4) is 0 Å². The van der Waals surface area contributed by atoms with Gasteiger partial charge in [-0.05, 0) is 88.1 Å². The molecular weight excluding hydrogens is 681 g/mol.